The van der Waals surface area contributed by atoms with Crippen LogP contribution in [-0.2, 0) is 6.61 Å². The fraction of sp³-hybridized carbons (Fsp3) is 0.154. The molecule has 0 amide bonds. The van der Waals surface area contributed by atoms with Crippen LogP contribution in [0.1, 0.15) is 16.3 Å². The van der Waals surface area contributed by atoms with E-state index in [-0.39, 0.29) is 12.4 Å². The van der Waals surface area contributed by atoms with Crippen molar-refractivity contribution in [3.8, 4) is 11.5 Å². The van der Waals surface area contributed by atoms with Gasteiger partial charge in [-0.3, -0.25) is 4.79 Å². The predicted molar refractivity (Wildman–Crippen MR) is 76.8 cm³/mol. The average Bonchev–Trinajstić information content (AvgIpc) is 2.87. The van der Waals surface area contributed by atoms with E-state index in [2.05, 4.69) is 31.9 Å². The number of furan rings is 1. The third-order valence-corrected chi connectivity index (χ3v) is 3.61. The van der Waals surface area contributed by atoms with E-state index in [9.17, 15) is 4.79 Å². The molecule has 1 aromatic carbocycles. The predicted octanol–water partition coefficient (Wildman–Crippen LogP) is 4.20. The minimum atomic E-state index is 0.241. The smallest absolute Gasteiger partial charge is 0.185 e. The SMILES string of the molecule is COc1cc(Br)c(OCc2ccc(C=O)o2)cc1Br. The Hall–Kier alpha value is -1.27. The third-order valence-electron chi connectivity index (χ3n) is 2.37. The molecule has 0 fully saturated rings. The summed E-state index contributed by atoms with van der Waals surface area (Å²) in [4.78, 5) is 10.5. The summed E-state index contributed by atoms with van der Waals surface area (Å²) in [6.07, 6.45) is 0.656. The van der Waals surface area contributed by atoms with Crippen molar-refractivity contribution in [2.24, 2.45) is 0 Å². The van der Waals surface area contributed by atoms with E-state index in [1.54, 1.807) is 31.4 Å². The maximum Gasteiger partial charge on any atom is 0.185 e. The van der Waals surface area contributed by atoms with E-state index in [4.69, 9.17) is 13.9 Å². The number of hydrogen-bond acceptors (Lipinski definition) is 4. The van der Waals surface area contributed by atoms with Gasteiger partial charge >= 0.3 is 0 Å². The van der Waals surface area contributed by atoms with E-state index in [0.717, 1.165) is 8.95 Å². The van der Waals surface area contributed by atoms with Gasteiger partial charge in [0.15, 0.2) is 12.0 Å². The number of hydrogen-bond donors (Lipinski definition) is 0. The molecule has 0 saturated carbocycles. The van der Waals surface area contributed by atoms with Gasteiger partial charge in [-0.05, 0) is 56.1 Å². The highest BCUT2D eigenvalue weighted by Crippen LogP contribution is 2.36. The molecule has 0 aliphatic rings. The molecule has 0 aliphatic heterocycles. The minimum Gasteiger partial charge on any atom is -0.496 e. The Morgan fingerprint density at radius 2 is 1.89 bits per heavy atom. The van der Waals surface area contributed by atoms with Gasteiger partial charge < -0.3 is 13.9 Å². The van der Waals surface area contributed by atoms with Crippen LogP contribution in [0.3, 0.4) is 0 Å². The molecule has 6 heteroatoms. The second kappa shape index (κ2) is 6.25. The number of ether oxygens (including phenoxy) is 2. The van der Waals surface area contributed by atoms with Crippen LogP contribution in [0.5, 0.6) is 11.5 Å². The summed E-state index contributed by atoms with van der Waals surface area (Å²) in [6, 6.07) is 6.91. The second-order valence-electron chi connectivity index (χ2n) is 3.63. The summed E-state index contributed by atoms with van der Waals surface area (Å²) in [5, 5.41) is 0. The maximum atomic E-state index is 10.5. The van der Waals surface area contributed by atoms with Crippen LogP contribution in [0, 0.1) is 0 Å². The van der Waals surface area contributed by atoms with Crippen molar-refractivity contribution in [3.05, 3.63) is 44.7 Å². The quantitative estimate of drug-likeness (QED) is 0.719. The summed E-state index contributed by atoms with van der Waals surface area (Å²) in [5.41, 5.74) is 0. The first-order valence-corrected chi connectivity index (χ1v) is 6.92. The molecule has 1 heterocycles. The lowest BCUT2D eigenvalue weighted by Gasteiger charge is -2.10. The van der Waals surface area contributed by atoms with Gasteiger partial charge in [0.05, 0.1) is 16.1 Å². The number of methoxy groups -OCH3 is 1. The lowest BCUT2D eigenvalue weighted by atomic mass is 10.3. The topological polar surface area (TPSA) is 48.7 Å². The fourth-order valence-corrected chi connectivity index (χ4v) is 2.38. The zero-order valence-corrected chi connectivity index (χ0v) is 13.2. The summed E-state index contributed by atoms with van der Waals surface area (Å²) < 4.78 is 17.6. The van der Waals surface area contributed by atoms with Gasteiger partial charge in [0.25, 0.3) is 0 Å². The zero-order valence-electron chi connectivity index (χ0n) is 9.98. The van der Waals surface area contributed by atoms with Crippen molar-refractivity contribution in [1.29, 1.82) is 0 Å². The summed E-state index contributed by atoms with van der Waals surface area (Å²) >= 11 is 6.79. The van der Waals surface area contributed by atoms with E-state index in [1.165, 1.54) is 0 Å². The average molecular weight is 390 g/mol. The molecule has 0 saturated heterocycles. The van der Waals surface area contributed by atoms with Gasteiger partial charge in [-0.2, -0.15) is 0 Å². The molecule has 0 aliphatic carbocycles. The number of carbonyl (C=O) groups is 1. The van der Waals surface area contributed by atoms with Gasteiger partial charge in [0.1, 0.15) is 23.9 Å². The van der Waals surface area contributed by atoms with Crippen LogP contribution < -0.4 is 9.47 Å². The van der Waals surface area contributed by atoms with Crippen LogP contribution in [0.25, 0.3) is 0 Å². The van der Waals surface area contributed by atoms with Crippen molar-refractivity contribution in [3.63, 3.8) is 0 Å². The Kier molecular flexibility index (Phi) is 4.66. The highest BCUT2D eigenvalue weighted by atomic mass is 79.9. The Morgan fingerprint density at radius 1 is 1.21 bits per heavy atom. The Morgan fingerprint density at radius 3 is 2.53 bits per heavy atom. The number of rotatable bonds is 5. The Labute approximate surface area is 127 Å². The molecule has 0 atom stereocenters. The first-order valence-electron chi connectivity index (χ1n) is 5.33. The lowest BCUT2D eigenvalue weighted by Crippen LogP contribution is -1.95. The molecule has 2 aromatic rings. The largest absolute Gasteiger partial charge is 0.496 e. The van der Waals surface area contributed by atoms with Crippen LogP contribution in [0.4, 0.5) is 0 Å². The van der Waals surface area contributed by atoms with Crippen LogP contribution in [-0.4, -0.2) is 13.4 Å². The summed E-state index contributed by atoms with van der Waals surface area (Å²) in [7, 11) is 1.59. The van der Waals surface area contributed by atoms with Crippen molar-refractivity contribution < 1.29 is 18.7 Å². The first kappa shape index (κ1) is 14.1. The molecular formula is C13H10Br2O4. The lowest BCUT2D eigenvalue weighted by molar-refractivity contribution is 0.109. The number of carbonyl (C=O) groups excluding carboxylic acids is 1. The van der Waals surface area contributed by atoms with E-state index >= 15 is 0 Å². The fourth-order valence-electron chi connectivity index (χ4n) is 1.46. The van der Waals surface area contributed by atoms with Gasteiger partial charge in [-0.15, -0.1) is 0 Å². The van der Waals surface area contributed by atoms with Crippen molar-refractivity contribution >= 4 is 38.1 Å². The molecular weight excluding hydrogens is 380 g/mol. The molecule has 0 bridgehead atoms. The summed E-state index contributed by atoms with van der Waals surface area (Å²) in [5.74, 6) is 2.23. The van der Waals surface area contributed by atoms with Crippen molar-refractivity contribution in [2.75, 3.05) is 7.11 Å². The molecule has 2 rings (SSSR count). The maximum absolute atomic E-state index is 10.5. The minimum absolute atomic E-state index is 0.241. The van der Waals surface area contributed by atoms with E-state index < -0.39 is 0 Å². The molecule has 19 heavy (non-hydrogen) atoms. The van der Waals surface area contributed by atoms with Crippen LogP contribution >= 0.6 is 31.9 Å². The molecule has 1 aromatic heterocycles. The number of halogens is 2. The highest BCUT2D eigenvalue weighted by Gasteiger charge is 2.09. The summed E-state index contributed by atoms with van der Waals surface area (Å²) in [6.45, 7) is 0.241. The normalized spacial score (nSPS) is 10.3. The molecule has 100 valence electrons. The molecule has 0 N–H and O–H groups in total. The molecule has 0 unspecified atom stereocenters. The van der Waals surface area contributed by atoms with Crippen molar-refractivity contribution in [1.82, 2.24) is 0 Å². The number of benzene rings is 1. The van der Waals surface area contributed by atoms with Crippen LogP contribution in [0.15, 0.2) is 37.6 Å². The molecule has 0 radical (unpaired) electrons. The van der Waals surface area contributed by atoms with E-state index in [1.807, 2.05) is 0 Å². The molecule has 4 nitrogen and oxygen atoms in total. The number of aldehydes is 1. The first-order chi connectivity index (χ1) is 9.13. The Balaban J connectivity index is 2.11. The van der Waals surface area contributed by atoms with Gasteiger partial charge in [-0.1, -0.05) is 0 Å². The van der Waals surface area contributed by atoms with E-state index in [0.29, 0.717) is 23.5 Å². The molecule has 0 spiro atoms. The monoisotopic (exact) mass is 388 g/mol. The Bertz CT molecular complexity index is 592. The zero-order chi connectivity index (χ0) is 13.8. The van der Waals surface area contributed by atoms with Gasteiger partial charge in [0.2, 0.25) is 0 Å². The van der Waals surface area contributed by atoms with Crippen LogP contribution in [0.2, 0.25) is 0 Å². The second-order valence-corrected chi connectivity index (χ2v) is 5.34. The third kappa shape index (κ3) is 3.39. The van der Waals surface area contributed by atoms with Gasteiger partial charge in [0, 0.05) is 0 Å². The highest BCUT2D eigenvalue weighted by molar-refractivity contribution is 9.11. The van der Waals surface area contributed by atoms with Gasteiger partial charge in [-0.25, -0.2) is 0 Å². The van der Waals surface area contributed by atoms with Crippen molar-refractivity contribution in [2.45, 2.75) is 6.61 Å². The standard InChI is InChI=1S/C13H10Br2O4/c1-17-12-4-11(15)13(5-10(12)14)18-7-9-3-2-8(6-16)19-9/h2-6H,7H2,1H3.